The van der Waals surface area contributed by atoms with Gasteiger partial charge in [-0.3, -0.25) is 10.4 Å². The molecule has 84 valence electrons. The Hall–Kier alpha value is -0.770. The maximum absolute atomic E-state index is 5.34. The number of nitrogens with two attached hydrogens (primary N) is 1. The first-order chi connectivity index (χ1) is 6.74. The molecule has 0 aromatic carbocycles. The van der Waals surface area contributed by atoms with Crippen LogP contribution in [0, 0.1) is 5.92 Å². The Morgan fingerprint density at radius 3 is 2.64 bits per heavy atom. The highest BCUT2D eigenvalue weighted by Gasteiger charge is 1.98. The molecule has 0 spiro atoms. The van der Waals surface area contributed by atoms with Gasteiger partial charge in [0.15, 0.2) is 0 Å². The van der Waals surface area contributed by atoms with E-state index in [1.165, 1.54) is 6.42 Å². The molecule has 0 aliphatic carbocycles. The summed E-state index contributed by atoms with van der Waals surface area (Å²) in [6.45, 7) is 8.27. The van der Waals surface area contributed by atoms with Crippen molar-refractivity contribution in [3.63, 3.8) is 0 Å². The molecule has 4 N–H and O–H groups in total. The minimum Gasteiger partial charge on any atom is -0.355 e. The second-order valence-electron chi connectivity index (χ2n) is 3.63. The van der Waals surface area contributed by atoms with Gasteiger partial charge in [0.1, 0.15) is 0 Å². The first kappa shape index (κ1) is 13.2. The van der Waals surface area contributed by atoms with Crippen molar-refractivity contribution in [2.24, 2.45) is 16.8 Å². The molecule has 0 saturated heterocycles. The summed E-state index contributed by atoms with van der Waals surface area (Å²) < 4.78 is 0. The van der Waals surface area contributed by atoms with Crippen LogP contribution in [0.4, 0.5) is 0 Å². The molecule has 4 heteroatoms. The zero-order valence-electron chi connectivity index (χ0n) is 9.64. The van der Waals surface area contributed by atoms with E-state index >= 15 is 0 Å². The topological polar surface area (TPSA) is 62.4 Å². The highest BCUT2D eigenvalue weighted by Crippen LogP contribution is 1.99. The van der Waals surface area contributed by atoms with Crippen LogP contribution in [0.15, 0.2) is 4.99 Å². The SMILES string of the molecule is CCCCNC(=NCC(C)CC)NN. The van der Waals surface area contributed by atoms with E-state index in [2.05, 4.69) is 36.5 Å². The van der Waals surface area contributed by atoms with Crippen LogP contribution in [0.25, 0.3) is 0 Å². The van der Waals surface area contributed by atoms with Crippen molar-refractivity contribution in [3.05, 3.63) is 0 Å². The summed E-state index contributed by atoms with van der Waals surface area (Å²) in [5, 5.41) is 3.16. The number of nitrogens with one attached hydrogen (secondary N) is 2. The molecule has 0 saturated carbocycles. The van der Waals surface area contributed by atoms with Crippen LogP contribution in [0.5, 0.6) is 0 Å². The Morgan fingerprint density at radius 1 is 1.43 bits per heavy atom. The van der Waals surface area contributed by atoms with E-state index in [1.54, 1.807) is 0 Å². The molecule has 0 aliphatic heterocycles. The van der Waals surface area contributed by atoms with Crippen LogP contribution in [0.1, 0.15) is 40.0 Å². The molecule has 1 atom stereocenters. The van der Waals surface area contributed by atoms with E-state index in [0.29, 0.717) is 11.9 Å². The van der Waals surface area contributed by atoms with E-state index in [0.717, 1.165) is 25.9 Å². The lowest BCUT2D eigenvalue weighted by atomic mass is 10.1. The maximum Gasteiger partial charge on any atom is 0.205 e. The number of hydrazine groups is 1. The van der Waals surface area contributed by atoms with E-state index in [9.17, 15) is 0 Å². The molecule has 0 heterocycles. The Bertz CT molecular complexity index is 156. The predicted molar refractivity (Wildman–Crippen MR) is 62.0 cm³/mol. The third-order valence-corrected chi connectivity index (χ3v) is 2.22. The van der Waals surface area contributed by atoms with Crippen LogP contribution in [0.3, 0.4) is 0 Å². The van der Waals surface area contributed by atoms with Crippen LogP contribution < -0.4 is 16.6 Å². The van der Waals surface area contributed by atoms with Gasteiger partial charge in [0.2, 0.25) is 5.96 Å². The fourth-order valence-corrected chi connectivity index (χ4v) is 0.912. The Balaban J connectivity index is 3.74. The highest BCUT2D eigenvalue weighted by molar-refractivity contribution is 5.79. The van der Waals surface area contributed by atoms with Crippen LogP contribution >= 0.6 is 0 Å². The van der Waals surface area contributed by atoms with E-state index < -0.39 is 0 Å². The summed E-state index contributed by atoms with van der Waals surface area (Å²) in [7, 11) is 0. The average molecular weight is 200 g/mol. The van der Waals surface area contributed by atoms with Crippen molar-refractivity contribution in [2.75, 3.05) is 13.1 Å². The Kier molecular flexibility index (Phi) is 8.33. The second-order valence-corrected chi connectivity index (χ2v) is 3.63. The van der Waals surface area contributed by atoms with Gasteiger partial charge in [-0.05, 0) is 12.3 Å². The van der Waals surface area contributed by atoms with Gasteiger partial charge in [-0.15, -0.1) is 0 Å². The van der Waals surface area contributed by atoms with Crippen LogP contribution in [-0.2, 0) is 0 Å². The highest BCUT2D eigenvalue weighted by atomic mass is 15.3. The smallest absolute Gasteiger partial charge is 0.205 e. The number of unbranched alkanes of at least 4 members (excludes halogenated alkanes) is 1. The van der Waals surface area contributed by atoms with Gasteiger partial charge in [0.05, 0.1) is 0 Å². The summed E-state index contributed by atoms with van der Waals surface area (Å²) in [5.74, 6) is 6.66. The number of guanidine groups is 1. The van der Waals surface area contributed by atoms with Crippen molar-refractivity contribution in [2.45, 2.75) is 40.0 Å². The van der Waals surface area contributed by atoms with Gasteiger partial charge >= 0.3 is 0 Å². The zero-order valence-corrected chi connectivity index (χ0v) is 9.64. The number of hydrogen-bond acceptors (Lipinski definition) is 2. The molecule has 0 aromatic rings. The maximum atomic E-state index is 5.34. The number of aliphatic imine (C=N–C) groups is 1. The van der Waals surface area contributed by atoms with Gasteiger partial charge < -0.3 is 5.32 Å². The van der Waals surface area contributed by atoms with Crippen LogP contribution in [0.2, 0.25) is 0 Å². The quantitative estimate of drug-likeness (QED) is 0.199. The van der Waals surface area contributed by atoms with E-state index in [4.69, 9.17) is 5.84 Å². The largest absolute Gasteiger partial charge is 0.355 e. The van der Waals surface area contributed by atoms with Gasteiger partial charge in [0.25, 0.3) is 0 Å². The lowest BCUT2D eigenvalue weighted by Gasteiger charge is -2.10. The standard InChI is InChI=1S/C10H24N4/c1-4-6-7-12-10(14-11)13-8-9(3)5-2/h9H,4-8,11H2,1-3H3,(H2,12,13,14). The van der Waals surface area contributed by atoms with Crippen molar-refractivity contribution in [1.82, 2.24) is 10.7 Å². The molecule has 0 radical (unpaired) electrons. The Labute approximate surface area is 87.3 Å². The molecule has 0 aliphatic rings. The van der Waals surface area contributed by atoms with Gasteiger partial charge in [0, 0.05) is 13.1 Å². The number of hydrogen-bond donors (Lipinski definition) is 3. The first-order valence-corrected chi connectivity index (χ1v) is 5.49. The van der Waals surface area contributed by atoms with E-state index in [-0.39, 0.29) is 0 Å². The average Bonchev–Trinajstić information content (AvgIpc) is 2.22. The molecule has 0 fully saturated rings. The molecular weight excluding hydrogens is 176 g/mol. The molecule has 1 unspecified atom stereocenters. The summed E-state index contributed by atoms with van der Waals surface area (Å²) >= 11 is 0. The van der Waals surface area contributed by atoms with Crippen molar-refractivity contribution in [1.29, 1.82) is 0 Å². The number of nitrogens with zero attached hydrogens (tertiary/aromatic N) is 1. The lowest BCUT2D eigenvalue weighted by Crippen LogP contribution is -2.42. The minimum absolute atomic E-state index is 0.617. The van der Waals surface area contributed by atoms with Gasteiger partial charge in [-0.1, -0.05) is 33.6 Å². The lowest BCUT2D eigenvalue weighted by molar-refractivity contribution is 0.572. The molecule has 0 amide bonds. The predicted octanol–water partition coefficient (Wildman–Crippen LogP) is 1.24. The fourth-order valence-electron chi connectivity index (χ4n) is 0.912. The van der Waals surface area contributed by atoms with Crippen molar-refractivity contribution < 1.29 is 0 Å². The molecule has 4 nitrogen and oxygen atoms in total. The molecule has 14 heavy (non-hydrogen) atoms. The summed E-state index contributed by atoms with van der Waals surface area (Å²) in [6, 6.07) is 0. The first-order valence-electron chi connectivity index (χ1n) is 5.49. The molecule has 0 aromatic heterocycles. The van der Waals surface area contributed by atoms with Gasteiger partial charge in [-0.25, -0.2) is 5.84 Å². The minimum atomic E-state index is 0.617. The van der Waals surface area contributed by atoms with Crippen molar-refractivity contribution in [3.8, 4) is 0 Å². The summed E-state index contributed by atoms with van der Waals surface area (Å²) in [6.07, 6.45) is 3.47. The van der Waals surface area contributed by atoms with Gasteiger partial charge in [-0.2, -0.15) is 0 Å². The van der Waals surface area contributed by atoms with Crippen LogP contribution in [-0.4, -0.2) is 19.0 Å². The third kappa shape index (κ3) is 6.71. The zero-order chi connectivity index (χ0) is 10.8. The Morgan fingerprint density at radius 2 is 2.14 bits per heavy atom. The molecule has 0 rings (SSSR count). The molecular formula is C10H24N4. The third-order valence-electron chi connectivity index (χ3n) is 2.22. The second kappa shape index (κ2) is 8.81. The summed E-state index contributed by atoms with van der Waals surface area (Å²) in [4.78, 5) is 4.35. The van der Waals surface area contributed by atoms with E-state index in [1.807, 2.05) is 0 Å². The number of rotatable bonds is 6. The normalized spacial score (nSPS) is 13.9. The fraction of sp³-hybridized carbons (Fsp3) is 0.900. The molecule has 0 bridgehead atoms. The monoisotopic (exact) mass is 200 g/mol. The summed E-state index contributed by atoms with van der Waals surface area (Å²) in [5.41, 5.74) is 2.58. The van der Waals surface area contributed by atoms with Crippen molar-refractivity contribution >= 4 is 5.96 Å².